The monoisotopic (exact) mass is 1100 g/mol. The van der Waals surface area contributed by atoms with E-state index in [4.69, 9.17) is 14.2 Å². The number of carbonyl (C=O) groups excluding carboxylic acids is 3. The highest BCUT2D eigenvalue weighted by molar-refractivity contribution is 5.71. The predicted octanol–water partition coefficient (Wildman–Crippen LogP) is 23.7. The highest BCUT2D eigenvalue weighted by atomic mass is 16.6. The van der Waals surface area contributed by atoms with Gasteiger partial charge in [0, 0.05) is 19.3 Å². The zero-order valence-corrected chi connectivity index (χ0v) is 52.6. The molecule has 0 N–H and O–H groups in total. The second kappa shape index (κ2) is 67.4. The minimum Gasteiger partial charge on any atom is -0.462 e. The molecule has 1 atom stereocenters. The fourth-order valence-corrected chi connectivity index (χ4v) is 9.99. The van der Waals surface area contributed by atoms with Crippen molar-refractivity contribution in [2.45, 2.75) is 361 Å². The van der Waals surface area contributed by atoms with Crippen LogP contribution < -0.4 is 0 Å². The Bertz CT molecular complexity index is 1450. The zero-order chi connectivity index (χ0) is 57.1. The summed E-state index contributed by atoms with van der Waals surface area (Å²) < 4.78 is 16.9. The van der Waals surface area contributed by atoms with Crippen molar-refractivity contribution in [2.24, 2.45) is 0 Å². The zero-order valence-electron chi connectivity index (χ0n) is 52.6. The lowest BCUT2D eigenvalue weighted by Gasteiger charge is -2.18. The first-order chi connectivity index (χ1) is 39.0. The molecule has 0 aliphatic carbocycles. The second-order valence-corrected chi connectivity index (χ2v) is 23.1. The van der Waals surface area contributed by atoms with E-state index in [9.17, 15) is 14.4 Å². The highest BCUT2D eigenvalue weighted by Crippen LogP contribution is 2.17. The molecule has 0 aromatic carbocycles. The van der Waals surface area contributed by atoms with Gasteiger partial charge in [0.25, 0.3) is 0 Å². The topological polar surface area (TPSA) is 78.9 Å². The van der Waals surface area contributed by atoms with Gasteiger partial charge in [-0.3, -0.25) is 14.4 Å². The van der Waals surface area contributed by atoms with Gasteiger partial charge in [0.2, 0.25) is 0 Å². The predicted molar refractivity (Wildman–Crippen MR) is 344 cm³/mol. The van der Waals surface area contributed by atoms with Crippen molar-refractivity contribution in [3.05, 3.63) is 72.9 Å². The molecule has 0 spiro atoms. The van der Waals surface area contributed by atoms with Crippen LogP contribution in [0, 0.1) is 0 Å². The number of allylic oxidation sites excluding steroid dienone is 12. The van der Waals surface area contributed by atoms with E-state index in [1.165, 1.54) is 231 Å². The lowest BCUT2D eigenvalue weighted by atomic mass is 10.0. The van der Waals surface area contributed by atoms with Crippen molar-refractivity contribution in [2.75, 3.05) is 13.2 Å². The van der Waals surface area contributed by atoms with Gasteiger partial charge in [0.05, 0.1) is 0 Å². The molecule has 0 aromatic rings. The normalized spacial score (nSPS) is 12.5. The molecule has 0 rings (SSSR count). The van der Waals surface area contributed by atoms with Crippen molar-refractivity contribution in [3.8, 4) is 0 Å². The molecule has 0 bridgehead atoms. The second-order valence-electron chi connectivity index (χ2n) is 23.1. The Balaban J connectivity index is 4.09. The third-order valence-corrected chi connectivity index (χ3v) is 15.2. The fraction of sp³-hybridized carbons (Fsp3) is 0.795. The van der Waals surface area contributed by atoms with E-state index in [1.807, 2.05) is 0 Å². The quantitative estimate of drug-likeness (QED) is 0.0261. The van der Waals surface area contributed by atoms with Gasteiger partial charge in [-0.15, -0.1) is 0 Å². The van der Waals surface area contributed by atoms with E-state index in [2.05, 4.69) is 93.7 Å². The van der Waals surface area contributed by atoms with E-state index >= 15 is 0 Å². The van der Waals surface area contributed by atoms with Crippen molar-refractivity contribution >= 4 is 17.9 Å². The molecule has 1 unspecified atom stereocenters. The molecule has 0 saturated carbocycles. The standard InChI is InChI=1S/C73H130O6/c1-4-7-10-13-16-18-20-22-24-26-28-30-32-34-36-38-40-42-44-46-48-50-52-54-57-60-63-66-72(75)78-69-70(68-77-71(74)65-62-59-56-15-12-9-6-3)79-73(76)67-64-61-58-55-53-51-49-47-45-43-41-39-37-35-33-31-29-27-25-23-21-19-17-14-11-8-5-2/h20-23,26-29,32-35,70H,4-19,24-25,30-31,36-69H2,1-3H3/b22-20-,23-21-,28-26-,29-27-,34-32-,35-33-. The summed E-state index contributed by atoms with van der Waals surface area (Å²) in [5.74, 6) is -0.868. The van der Waals surface area contributed by atoms with Crippen LogP contribution in [0.25, 0.3) is 0 Å². The number of hydrogen-bond acceptors (Lipinski definition) is 6. The number of esters is 3. The summed E-state index contributed by atoms with van der Waals surface area (Å²) in [5, 5.41) is 0. The highest BCUT2D eigenvalue weighted by Gasteiger charge is 2.19. The molecule has 79 heavy (non-hydrogen) atoms. The first-order valence-electron chi connectivity index (χ1n) is 34.4. The summed E-state index contributed by atoms with van der Waals surface area (Å²) in [6, 6.07) is 0. The average Bonchev–Trinajstić information content (AvgIpc) is 3.45. The first-order valence-corrected chi connectivity index (χ1v) is 34.4. The molecule has 0 radical (unpaired) electrons. The van der Waals surface area contributed by atoms with Crippen LogP contribution in [-0.4, -0.2) is 37.2 Å². The Kier molecular flexibility index (Phi) is 64.7. The van der Waals surface area contributed by atoms with Gasteiger partial charge in [0.15, 0.2) is 6.10 Å². The van der Waals surface area contributed by atoms with Crippen molar-refractivity contribution in [1.29, 1.82) is 0 Å². The van der Waals surface area contributed by atoms with Gasteiger partial charge in [-0.2, -0.15) is 0 Å². The number of hydrogen-bond donors (Lipinski definition) is 0. The molecular formula is C73H130O6. The Labute approximate surface area is 491 Å². The van der Waals surface area contributed by atoms with Crippen molar-refractivity contribution < 1.29 is 28.6 Å². The largest absolute Gasteiger partial charge is 0.462 e. The van der Waals surface area contributed by atoms with Crippen molar-refractivity contribution in [3.63, 3.8) is 0 Å². The molecular weight excluding hydrogens is 973 g/mol. The lowest BCUT2D eigenvalue weighted by Crippen LogP contribution is -2.30. The summed E-state index contributed by atoms with van der Waals surface area (Å²) in [6.07, 6.45) is 88.0. The van der Waals surface area contributed by atoms with E-state index in [0.717, 1.165) is 83.5 Å². The van der Waals surface area contributed by atoms with Crippen LogP contribution >= 0.6 is 0 Å². The smallest absolute Gasteiger partial charge is 0.306 e. The minimum absolute atomic E-state index is 0.0738. The Morgan fingerprint density at radius 1 is 0.253 bits per heavy atom. The number of unbranched alkanes of at least 4 members (excludes halogenated alkanes) is 40. The molecule has 458 valence electrons. The van der Waals surface area contributed by atoms with Crippen LogP contribution in [0.15, 0.2) is 72.9 Å². The molecule has 0 saturated heterocycles. The molecule has 6 nitrogen and oxygen atoms in total. The van der Waals surface area contributed by atoms with Crippen LogP contribution in [0.1, 0.15) is 355 Å². The molecule has 0 heterocycles. The van der Waals surface area contributed by atoms with Crippen LogP contribution in [0.5, 0.6) is 0 Å². The SMILES string of the molecule is CCCCCCC/C=C\C/C=C\C/C=C\CCCCCCCCCCCCCCC(=O)OCC(COC(=O)CCCCCCCCC)OC(=O)CCCCCCCCCCCCCC/C=C\C/C=C\C/C=C\CCCCCCC. The van der Waals surface area contributed by atoms with E-state index in [0.29, 0.717) is 19.3 Å². The number of ether oxygens (including phenoxy) is 3. The Morgan fingerprint density at radius 3 is 0.709 bits per heavy atom. The van der Waals surface area contributed by atoms with Gasteiger partial charge in [-0.25, -0.2) is 0 Å². The molecule has 0 aliphatic rings. The van der Waals surface area contributed by atoms with Gasteiger partial charge in [-0.1, -0.05) is 312 Å². The summed E-state index contributed by atoms with van der Waals surface area (Å²) in [7, 11) is 0. The van der Waals surface area contributed by atoms with Crippen molar-refractivity contribution in [1.82, 2.24) is 0 Å². The van der Waals surface area contributed by atoms with Crippen LogP contribution in [0.2, 0.25) is 0 Å². The van der Waals surface area contributed by atoms with Crippen LogP contribution in [-0.2, 0) is 28.6 Å². The van der Waals surface area contributed by atoms with E-state index in [-0.39, 0.29) is 31.1 Å². The Morgan fingerprint density at radius 2 is 0.456 bits per heavy atom. The maximum Gasteiger partial charge on any atom is 0.306 e. The van der Waals surface area contributed by atoms with Gasteiger partial charge < -0.3 is 14.2 Å². The molecule has 0 aliphatic heterocycles. The fourth-order valence-electron chi connectivity index (χ4n) is 9.99. The molecule has 0 amide bonds. The number of carbonyl (C=O) groups is 3. The molecule has 0 aromatic heterocycles. The average molecular weight is 1100 g/mol. The summed E-state index contributed by atoms with van der Waals surface area (Å²) >= 11 is 0. The van der Waals surface area contributed by atoms with Crippen LogP contribution in [0.3, 0.4) is 0 Å². The third kappa shape index (κ3) is 65.5. The Hall–Kier alpha value is -3.15. The van der Waals surface area contributed by atoms with E-state index < -0.39 is 6.10 Å². The van der Waals surface area contributed by atoms with Gasteiger partial charge >= 0.3 is 17.9 Å². The molecule has 6 heteroatoms. The summed E-state index contributed by atoms with van der Waals surface area (Å²) in [5.41, 5.74) is 0. The lowest BCUT2D eigenvalue weighted by molar-refractivity contribution is -0.167. The maximum absolute atomic E-state index is 12.9. The molecule has 0 fully saturated rings. The number of rotatable bonds is 63. The van der Waals surface area contributed by atoms with Gasteiger partial charge in [-0.05, 0) is 96.3 Å². The summed E-state index contributed by atoms with van der Waals surface area (Å²) in [6.45, 7) is 6.61. The first kappa shape index (κ1) is 75.8. The maximum atomic E-state index is 12.9. The van der Waals surface area contributed by atoms with E-state index in [1.54, 1.807) is 0 Å². The van der Waals surface area contributed by atoms with Crippen LogP contribution in [0.4, 0.5) is 0 Å². The van der Waals surface area contributed by atoms with Gasteiger partial charge in [0.1, 0.15) is 13.2 Å². The third-order valence-electron chi connectivity index (χ3n) is 15.2. The minimum atomic E-state index is -0.775. The summed E-state index contributed by atoms with van der Waals surface area (Å²) in [4.78, 5) is 38.2.